The van der Waals surface area contributed by atoms with Gasteiger partial charge in [-0.25, -0.2) is 9.59 Å². The van der Waals surface area contributed by atoms with Gasteiger partial charge in [-0.2, -0.15) is 0 Å². The van der Waals surface area contributed by atoms with Gasteiger partial charge in [-0.15, -0.1) is 0 Å². The van der Waals surface area contributed by atoms with E-state index in [2.05, 4.69) is 13.8 Å². The third-order valence-corrected chi connectivity index (χ3v) is 8.53. The SMILES string of the molecule is CCCCCCCCCCOP(=O)(OCCCCCCCCCC)c1cc(C(=O)OC)cc(C(=O)OC)c1. The van der Waals surface area contributed by atoms with Crippen LogP contribution in [-0.4, -0.2) is 39.4 Å². The van der Waals surface area contributed by atoms with Crippen LogP contribution in [0.15, 0.2) is 18.2 Å². The second-order valence-electron chi connectivity index (χ2n) is 9.87. The predicted molar refractivity (Wildman–Crippen MR) is 153 cm³/mol. The Kier molecular flexibility index (Phi) is 19.1. The van der Waals surface area contributed by atoms with Gasteiger partial charge in [-0.3, -0.25) is 4.57 Å². The molecule has 0 saturated carbocycles. The average molecular weight is 555 g/mol. The molecule has 0 atom stereocenters. The molecule has 0 N–H and O–H groups in total. The molecule has 0 saturated heterocycles. The molecule has 7 nitrogen and oxygen atoms in total. The van der Waals surface area contributed by atoms with Crippen molar-refractivity contribution in [1.82, 2.24) is 0 Å². The number of carbonyl (C=O) groups excluding carboxylic acids is 2. The summed E-state index contributed by atoms with van der Waals surface area (Å²) in [5.41, 5.74) is 0.189. The highest BCUT2D eigenvalue weighted by Crippen LogP contribution is 2.48. The molecule has 0 heterocycles. The van der Waals surface area contributed by atoms with Crippen LogP contribution in [0.5, 0.6) is 0 Å². The normalized spacial score (nSPS) is 11.5. The van der Waals surface area contributed by atoms with Crippen molar-refractivity contribution in [3.63, 3.8) is 0 Å². The largest absolute Gasteiger partial charge is 0.465 e. The molecular weight excluding hydrogens is 503 g/mol. The van der Waals surface area contributed by atoms with E-state index >= 15 is 0 Å². The van der Waals surface area contributed by atoms with Crippen LogP contribution in [-0.2, 0) is 23.1 Å². The summed E-state index contributed by atoms with van der Waals surface area (Å²) in [6.45, 7) is 4.97. The summed E-state index contributed by atoms with van der Waals surface area (Å²) in [6, 6.07) is 4.23. The van der Waals surface area contributed by atoms with Gasteiger partial charge < -0.3 is 18.5 Å². The van der Waals surface area contributed by atoms with Crippen molar-refractivity contribution in [2.75, 3.05) is 27.4 Å². The van der Waals surface area contributed by atoms with Gasteiger partial charge in [-0.05, 0) is 31.0 Å². The van der Waals surface area contributed by atoms with Gasteiger partial charge in [0.15, 0.2) is 0 Å². The van der Waals surface area contributed by atoms with Crippen LogP contribution in [0.2, 0.25) is 0 Å². The molecule has 1 aromatic rings. The molecule has 0 aliphatic rings. The Hall–Kier alpha value is -1.69. The third-order valence-electron chi connectivity index (χ3n) is 6.59. The second-order valence-corrected chi connectivity index (χ2v) is 11.9. The first kappa shape index (κ1) is 34.3. The average Bonchev–Trinajstić information content (AvgIpc) is 2.94. The Morgan fingerprint density at radius 3 is 1.26 bits per heavy atom. The van der Waals surface area contributed by atoms with E-state index in [1.54, 1.807) is 0 Å². The highest BCUT2D eigenvalue weighted by Gasteiger charge is 2.30. The van der Waals surface area contributed by atoms with Crippen LogP contribution in [0.4, 0.5) is 0 Å². The number of rotatable bonds is 23. The summed E-state index contributed by atoms with van der Waals surface area (Å²) in [6.07, 6.45) is 18.2. The summed E-state index contributed by atoms with van der Waals surface area (Å²) >= 11 is 0. The first-order valence-electron chi connectivity index (χ1n) is 14.6. The molecule has 1 rings (SSSR count). The van der Waals surface area contributed by atoms with E-state index in [1.165, 1.54) is 96.6 Å². The smallest absolute Gasteiger partial charge is 0.361 e. The van der Waals surface area contributed by atoms with Crippen molar-refractivity contribution in [3.8, 4) is 0 Å². The molecule has 0 amide bonds. The maximum absolute atomic E-state index is 14.0. The molecule has 218 valence electrons. The van der Waals surface area contributed by atoms with E-state index in [1.807, 2.05) is 0 Å². The van der Waals surface area contributed by atoms with Gasteiger partial charge in [0, 0.05) is 0 Å². The van der Waals surface area contributed by atoms with Gasteiger partial charge in [0.25, 0.3) is 0 Å². The number of esters is 2. The van der Waals surface area contributed by atoms with Crippen LogP contribution in [0.1, 0.15) is 137 Å². The number of hydrogen-bond donors (Lipinski definition) is 0. The van der Waals surface area contributed by atoms with Crippen LogP contribution in [0.25, 0.3) is 0 Å². The Morgan fingerprint density at radius 2 is 0.921 bits per heavy atom. The van der Waals surface area contributed by atoms with Crippen molar-refractivity contribution in [2.24, 2.45) is 0 Å². The second kappa shape index (κ2) is 21.2. The van der Waals surface area contributed by atoms with Crippen molar-refractivity contribution >= 4 is 24.8 Å². The number of methoxy groups -OCH3 is 2. The monoisotopic (exact) mass is 554 g/mol. The van der Waals surface area contributed by atoms with E-state index in [9.17, 15) is 14.2 Å². The first-order valence-corrected chi connectivity index (χ1v) is 16.2. The van der Waals surface area contributed by atoms with Crippen LogP contribution in [0.3, 0.4) is 0 Å². The molecule has 8 heteroatoms. The Bertz CT molecular complexity index is 780. The molecule has 0 bridgehead atoms. The van der Waals surface area contributed by atoms with Crippen LogP contribution in [0, 0.1) is 0 Å². The lowest BCUT2D eigenvalue weighted by Crippen LogP contribution is -2.17. The predicted octanol–water partition coefficient (Wildman–Crippen LogP) is 8.39. The maximum atomic E-state index is 14.0. The molecule has 1 aromatic carbocycles. The molecule has 0 spiro atoms. The topological polar surface area (TPSA) is 88.1 Å². The van der Waals surface area contributed by atoms with Crippen molar-refractivity contribution in [1.29, 1.82) is 0 Å². The number of unbranched alkanes of at least 4 members (excludes halogenated alkanes) is 14. The minimum absolute atomic E-state index is 0.0944. The fraction of sp³-hybridized carbons (Fsp3) is 0.733. The lowest BCUT2D eigenvalue weighted by Gasteiger charge is -2.20. The van der Waals surface area contributed by atoms with Crippen LogP contribution < -0.4 is 5.30 Å². The van der Waals surface area contributed by atoms with E-state index in [4.69, 9.17) is 18.5 Å². The highest BCUT2D eigenvalue weighted by molar-refractivity contribution is 7.62. The molecular formula is C30H51O7P. The highest BCUT2D eigenvalue weighted by atomic mass is 31.2. The lowest BCUT2D eigenvalue weighted by molar-refractivity contribution is 0.0599. The first-order chi connectivity index (χ1) is 18.4. The summed E-state index contributed by atoms with van der Waals surface area (Å²) in [7, 11) is -1.27. The van der Waals surface area contributed by atoms with Gasteiger partial charge in [0.2, 0.25) is 0 Å². The van der Waals surface area contributed by atoms with E-state index < -0.39 is 19.5 Å². The standard InChI is InChI=1S/C30H51O7P/c1-5-7-9-11-13-15-17-19-21-36-38(33,37-22-20-18-16-14-12-10-8-6-2)28-24-26(29(31)34-3)23-27(25-28)30(32)35-4/h23-25H,5-22H2,1-4H3. The molecule has 0 fully saturated rings. The molecule has 38 heavy (non-hydrogen) atoms. The minimum atomic E-state index is -3.78. The fourth-order valence-corrected chi connectivity index (χ4v) is 5.97. The van der Waals surface area contributed by atoms with Gasteiger partial charge in [0.1, 0.15) is 0 Å². The van der Waals surface area contributed by atoms with Gasteiger partial charge in [-0.1, -0.05) is 104 Å². The number of hydrogen-bond acceptors (Lipinski definition) is 7. The molecule has 0 aliphatic carbocycles. The van der Waals surface area contributed by atoms with Crippen molar-refractivity contribution < 1.29 is 32.7 Å². The van der Waals surface area contributed by atoms with E-state index in [-0.39, 0.29) is 29.6 Å². The quantitative estimate of drug-likeness (QED) is 0.0762. The van der Waals surface area contributed by atoms with Gasteiger partial charge >= 0.3 is 19.5 Å². The summed E-state index contributed by atoms with van der Waals surface area (Å²) < 4.78 is 35.5. The minimum Gasteiger partial charge on any atom is -0.465 e. The zero-order valence-corrected chi connectivity index (χ0v) is 25.2. The lowest BCUT2D eigenvalue weighted by atomic mass is 10.1. The summed E-state index contributed by atoms with van der Waals surface area (Å²) in [5, 5.41) is 0.167. The molecule has 0 radical (unpaired) electrons. The zero-order chi connectivity index (χ0) is 28.1. The summed E-state index contributed by atoms with van der Waals surface area (Å²) in [5.74, 6) is -1.29. The number of ether oxygens (including phenoxy) is 2. The van der Waals surface area contributed by atoms with Gasteiger partial charge in [0.05, 0.1) is 43.9 Å². The van der Waals surface area contributed by atoms with Crippen molar-refractivity contribution in [2.45, 2.75) is 117 Å². The fourth-order valence-electron chi connectivity index (χ4n) is 4.27. The zero-order valence-electron chi connectivity index (χ0n) is 24.3. The Labute approximate surface area is 230 Å². The number of benzene rings is 1. The number of carbonyl (C=O) groups is 2. The third kappa shape index (κ3) is 13.9. The molecule has 0 aliphatic heterocycles. The van der Waals surface area contributed by atoms with E-state index in [0.717, 1.165) is 38.5 Å². The Balaban J connectivity index is 2.84. The summed E-state index contributed by atoms with van der Waals surface area (Å²) in [4.78, 5) is 24.5. The maximum Gasteiger partial charge on any atom is 0.361 e. The Morgan fingerprint density at radius 1 is 0.579 bits per heavy atom. The van der Waals surface area contributed by atoms with Crippen LogP contribution >= 0.6 is 7.60 Å². The van der Waals surface area contributed by atoms with Crippen molar-refractivity contribution in [3.05, 3.63) is 29.3 Å². The molecule has 0 aromatic heterocycles. The molecule has 0 unspecified atom stereocenters. The van der Waals surface area contributed by atoms with E-state index in [0.29, 0.717) is 0 Å².